The highest BCUT2D eigenvalue weighted by molar-refractivity contribution is 5.95. The third kappa shape index (κ3) is 4.27. The van der Waals surface area contributed by atoms with Gasteiger partial charge >= 0.3 is 0 Å². The van der Waals surface area contributed by atoms with Crippen LogP contribution in [0.2, 0.25) is 0 Å². The minimum atomic E-state index is -0.397. The molecule has 3 rings (SSSR count). The van der Waals surface area contributed by atoms with Gasteiger partial charge in [0.05, 0.1) is 33.8 Å². The van der Waals surface area contributed by atoms with E-state index in [1.807, 2.05) is 0 Å². The molecule has 0 unspecified atom stereocenters. The Hall–Kier alpha value is -2.48. The van der Waals surface area contributed by atoms with Crippen molar-refractivity contribution >= 4 is 17.5 Å². The van der Waals surface area contributed by atoms with E-state index >= 15 is 0 Å². The molecular weight excluding hydrogens is 350 g/mol. The van der Waals surface area contributed by atoms with Gasteiger partial charge in [0, 0.05) is 24.2 Å². The van der Waals surface area contributed by atoms with Crippen LogP contribution in [0.5, 0.6) is 17.2 Å². The number of benzene rings is 1. The molecule has 1 aliphatic heterocycles. The first-order valence-electron chi connectivity index (χ1n) is 9.31. The molecule has 3 atom stereocenters. The molecule has 2 fully saturated rings. The van der Waals surface area contributed by atoms with Gasteiger partial charge in [-0.25, -0.2) is 0 Å². The number of carbonyl (C=O) groups excluding carboxylic acids is 2. The highest BCUT2D eigenvalue weighted by Gasteiger charge is 2.40. The normalized spacial score (nSPS) is 24.4. The smallest absolute Gasteiger partial charge is 0.279 e. The Labute approximate surface area is 158 Å². The molecule has 0 bridgehead atoms. The fourth-order valence-electron chi connectivity index (χ4n) is 3.97. The molecular formula is C19H28N3O5+. The number of fused-ring (bicyclic) bond motifs is 1. The Kier molecular flexibility index (Phi) is 6.05. The maximum absolute atomic E-state index is 12.5. The van der Waals surface area contributed by atoms with Crippen molar-refractivity contribution in [1.82, 2.24) is 5.32 Å². The number of carbonyl (C=O) groups is 2. The summed E-state index contributed by atoms with van der Waals surface area (Å²) in [5.41, 5.74) is 0.529. The molecule has 27 heavy (non-hydrogen) atoms. The monoisotopic (exact) mass is 378 g/mol. The second-order valence-corrected chi connectivity index (χ2v) is 7.03. The van der Waals surface area contributed by atoms with Crippen LogP contribution < -0.4 is 30.2 Å². The predicted molar refractivity (Wildman–Crippen MR) is 99.2 cm³/mol. The number of rotatable bonds is 6. The van der Waals surface area contributed by atoms with Gasteiger partial charge in [0.2, 0.25) is 11.7 Å². The second kappa shape index (κ2) is 8.47. The van der Waals surface area contributed by atoms with Gasteiger partial charge in [-0.2, -0.15) is 0 Å². The minimum Gasteiger partial charge on any atom is -0.493 e. The molecule has 1 saturated carbocycles. The van der Waals surface area contributed by atoms with E-state index in [4.69, 9.17) is 14.2 Å². The van der Waals surface area contributed by atoms with Crippen LogP contribution in [0.4, 0.5) is 5.69 Å². The van der Waals surface area contributed by atoms with Gasteiger partial charge in [0.15, 0.2) is 17.5 Å². The molecule has 1 heterocycles. The van der Waals surface area contributed by atoms with E-state index in [-0.39, 0.29) is 24.3 Å². The van der Waals surface area contributed by atoms with Crippen molar-refractivity contribution in [2.24, 2.45) is 0 Å². The van der Waals surface area contributed by atoms with Gasteiger partial charge < -0.3 is 30.2 Å². The molecule has 2 amide bonds. The topological polar surface area (TPSA) is 102 Å². The first-order valence-corrected chi connectivity index (χ1v) is 9.31. The number of anilines is 1. The third-order valence-electron chi connectivity index (χ3n) is 5.32. The Morgan fingerprint density at radius 3 is 2.44 bits per heavy atom. The molecule has 1 aromatic rings. The number of methoxy groups -OCH3 is 3. The number of quaternary nitrogens is 1. The molecule has 2 aliphatic rings. The Morgan fingerprint density at radius 1 is 1.15 bits per heavy atom. The number of hydrogen-bond acceptors (Lipinski definition) is 5. The van der Waals surface area contributed by atoms with Gasteiger partial charge in [-0.15, -0.1) is 0 Å². The third-order valence-corrected chi connectivity index (χ3v) is 5.32. The van der Waals surface area contributed by atoms with Gasteiger partial charge in [-0.1, -0.05) is 6.42 Å². The molecule has 0 radical (unpaired) electrons. The van der Waals surface area contributed by atoms with Crippen LogP contribution in [-0.4, -0.2) is 51.3 Å². The molecule has 1 aliphatic carbocycles. The summed E-state index contributed by atoms with van der Waals surface area (Å²) in [7, 11) is 4.56. The Balaban J connectivity index is 1.66. The van der Waals surface area contributed by atoms with Crippen molar-refractivity contribution in [2.45, 2.75) is 50.2 Å². The molecule has 0 aromatic heterocycles. The SMILES string of the molecule is COc1cc(NC(=O)C[C@H]2[NH2+][C@H]3CCCC[C@H]3NC2=O)cc(OC)c1OC. The number of ether oxygens (including phenoxy) is 3. The van der Waals surface area contributed by atoms with Crippen LogP contribution in [0, 0.1) is 0 Å². The average molecular weight is 378 g/mol. The maximum atomic E-state index is 12.5. The minimum absolute atomic E-state index is 0.0572. The number of nitrogens with two attached hydrogens (primary N) is 1. The fourth-order valence-corrected chi connectivity index (χ4v) is 3.97. The van der Waals surface area contributed by atoms with E-state index in [2.05, 4.69) is 16.0 Å². The summed E-state index contributed by atoms with van der Waals surface area (Å²) in [5.74, 6) is 1.09. The van der Waals surface area contributed by atoms with E-state index in [1.54, 1.807) is 12.1 Å². The first-order chi connectivity index (χ1) is 13.0. The van der Waals surface area contributed by atoms with E-state index in [0.29, 0.717) is 29.0 Å². The molecule has 1 aromatic carbocycles. The van der Waals surface area contributed by atoms with E-state index in [9.17, 15) is 9.59 Å². The van der Waals surface area contributed by atoms with Crippen molar-refractivity contribution in [3.8, 4) is 17.2 Å². The molecule has 148 valence electrons. The van der Waals surface area contributed by atoms with Gasteiger partial charge in [0.25, 0.3) is 5.91 Å². The fraction of sp³-hybridized carbons (Fsp3) is 0.579. The van der Waals surface area contributed by atoms with Crippen molar-refractivity contribution in [2.75, 3.05) is 26.6 Å². The largest absolute Gasteiger partial charge is 0.493 e. The summed E-state index contributed by atoms with van der Waals surface area (Å²) < 4.78 is 15.9. The van der Waals surface area contributed by atoms with Gasteiger partial charge in [-0.3, -0.25) is 9.59 Å². The lowest BCUT2D eigenvalue weighted by Crippen LogP contribution is -3.03. The zero-order chi connectivity index (χ0) is 19.4. The van der Waals surface area contributed by atoms with E-state index < -0.39 is 6.04 Å². The maximum Gasteiger partial charge on any atom is 0.279 e. The van der Waals surface area contributed by atoms with E-state index in [1.165, 1.54) is 27.8 Å². The Bertz CT molecular complexity index is 684. The number of amides is 2. The standard InChI is InChI=1S/C19H27N3O5/c1-25-15-8-11(9-16(26-2)18(15)27-3)20-17(23)10-14-19(24)22-13-7-5-4-6-12(13)21-14/h8-9,12-14,21H,4-7,10H2,1-3H3,(H,20,23)(H,22,24)/p+1/t12-,13+,14+/m0/s1. The lowest BCUT2D eigenvalue weighted by atomic mass is 9.87. The number of nitrogens with one attached hydrogen (secondary N) is 2. The zero-order valence-electron chi connectivity index (χ0n) is 16.0. The molecule has 1 saturated heterocycles. The van der Waals surface area contributed by atoms with E-state index in [0.717, 1.165) is 19.3 Å². The van der Waals surface area contributed by atoms with Crippen LogP contribution >= 0.6 is 0 Å². The summed E-state index contributed by atoms with van der Waals surface area (Å²) in [5, 5.41) is 7.98. The second-order valence-electron chi connectivity index (χ2n) is 7.03. The molecule has 0 spiro atoms. The zero-order valence-corrected chi connectivity index (χ0v) is 16.0. The van der Waals surface area contributed by atoms with Gasteiger partial charge in [-0.05, 0) is 12.8 Å². The lowest BCUT2D eigenvalue weighted by Gasteiger charge is -2.37. The van der Waals surface area contributed by atoms with Crippen molar-refractivity contribution in [3.63, 3.8) is 0 Å². The average Bonchev–Trinajstić information content (AvgIpc) is 2.67. The molecule has 4 N–H and O–H groups in total. The van der Waals surface area contributed by atoms with Gasteiger partial charge in [0.1, 0.15) is 6.04 Å². The van der Waals surface area contributed by atoms with Crippen molar-refractivity contribution in [1.29, 1.82) is 0 Å². The van der Waals surface area contributed by atoms with Crippen LogP contribution in [0.3, 0.4) is 0 Å². The summed E-state index contributed by atoms with van der Waals surface area (Å²) >= 11 is 0. The highest BCUT2D eigenvalue weighted by atomic mass is 16.5. The summed E-state index contributed by atoms with van der Waals surface area (Å²) in [6, 6.07) is 3.55. The van der Waals surface area contributed by atoms with Crippen molar-refractivity contribution < 1.29 is 29.1 Å². The number of hydrogen-bond donors (Lipinski definition) is 3. The molecule has 8 heteroatoms. The van der Waals surface area contributed by atoms with Crippen LogP contribution in [0.15, 0.2) is 12.1 Å². The predicted octanol–water partition coefficient (Wildman–Crippen LogP) is 0.414. The summed E-state index contributed by atoms with van der Waals surface area (Å²) in [4.78, 5) is 24.9. The molecule has 8 nitrogen and oxygen atoms in total. The summed E-state index contributed by atoms with van der Waals surface area (Å²) in [6.07, 6.45) is 4.55. The highest BCUT2D eigenvalue weighted by Crippen LogP contribution is 2.39. The first kappa shape index (κ1) is 19.3. The van der Waals surface area contributed by atoms with Crippen molar-refractivity contribution in [3.05, 3.63) is 12.1 Å². The number of piperazine rings is 1. The Morgan fingerprint density at radius 2 is 1.81 bits per heavy atom. The van der Waals surface area contributed by atoms with Crippen LogP contribution in [-0.2, 0) is 9.59 Å². The lowest BCUT2D eigenvalue weighted by molar-refractivity contribution is -0.718. The van der Waals surface area contributed by atoms with Crippen LogP contribution in [0.1, 0.15) is 32.1 Å². The van der Waals surface area contributed by atoms with Crippen LogP contribution in [0.25, 0.3) is 0 Å². The quantitative estimate of drug-likeness (QED) is 0.666. The summed E-state index contributed by atoms with van der Waals surface area (Å²) in [6.45, 7) is 0.